The lowest BCUT2D eigenvalue weighted by molar-refractivity contribution is -0.137. The topological polar surface area (TPSA) is 73.2 Å². The van der Waals surface area contributed by atoms with Crippen LogP contribution in [0.3, 0.4) is 0 Å². The highest BCUT2D eigenvalue weighted by molar-refractivity contribution is 5.80. The van der Waals surface area contributed by atoms with Gasteiger partial charge in [0.2, 0.25) is 5.91 Å². The Kier molecular flexibility index (Phi) is 5.39. The molecule has 2 atom stereocenters. The van der Waals surface area contributed by atoms with E-state index in [-0.39, 0.29) is 24.5 Å². The van der Waals surface area contributed by atoms with Crippen molar-refractivity contribution in [3.05, 3.63) is 29.8 Å². The minimum absolute atomic E-state index is 0.00139. The molecular formula is C21H30N2O4. The van der Waals surface area contributed by atoms with Crippen LogP contribution in [0.25, 0.3) is 0 Å². The Hall–Kier alpha value is -1.63. The van der Waals surface area contributed by atoms with E-state index in [4.69, 9.17) is 9.84 Å². The van der Waals surface area contributed by atoms with Crippen molar-refractivity contribution in [1.82, 2.24) is 9.80 Å². The van der Waals surface area contributed by atoms with Crippen LogP contribution < -0.4 is 4.74 Å². The summed E-state index contributed by atoms with van der Waals surface area (Å²) < 4.78 is 5.66. The molecule has 1 aromatic carbocycles. The lowest BCUT2D eigenvalue weighted by Gasteiger charge is -2.32. The zero-order chi connectivity index (χ0) is 18.9. The van der Waals surface area contributed by atoms with Crippen LogP contribution in [0.2, 0.25) is 0 Å². The molecule has 2 heterocycles. The second-order valence-corrected chi connectivity index (χ2v) is 8.41. The van der Waals surface area contributed by atoms with Gasteiger partial charge in [-0.05, 0) is 24.8 Å². The normalized spacial score (nSPS) is 28.2. The van der Waals surface area contributed by atoms with Gasteiger partial charge in [-0.2, -0.15) is 0 Å². The molecule has 2 aliphatic heterocycles. The lowest BCUT2D eigenvalue weighted by Crippen LogP contribution is -2.42. The maximum absolute atomic E-state index is 12.6. The van der Waals surface area contributed by atoms with Crippen molar-refractivity contribution in [3.63, 3.8) is 0 Å². The van der Waals surface area contributed by atoms with Gasteiger partial charge in [0, 0.05) is 49.6 Å². The Morgan fingerprint density at radius 2 is 2.00 bits per heavy atom. The third kappa shape index (κ3) is 3.58. The number of ether oxygens (including phenoxy) is 1. The highest BCUT2D eigenvalue weighted by Gasteiger charge is 2.53. The first kappa shape index (κ1) is 18.7. The molecule has 2 saturated heterocycles. The molecule has 0 spiro atoms. The van der Waals surface area contributed by atoms with E-state index in [0.717, 1.165) is 50.3 Å². The minimum atomic E-state index is -0.194. The molecule has 4 rings (SSSR count). The first-order valence-electron chi connectivity index (χ1n) is 10.1. The van der Waals surface area contributed by atoms with Gasteiger partial charge in [0.15, 0.2) is 0 Å². The summed E-state index contributed by atoms with van der Waals surface area (Å²) in [6.45, 7) is 4.33. The summed E-state index contributed by atoms with van der Waals surface area (Å²) in [7, 11) is 0. The largest absolute Gasteiger partial charge is 0.491 e. The van der Waals surface area contributed by atoms with Crippen LogP contribution in [0.4, 0.5) is 0 Å². The predicted octanol–water partition coefficient (Wildman–Crippen LogP) is 1.11. The van der Waals surface area contributed by atoms with E-state index in [0.29, 0.717) is 25.0 Å². The molecule has 6 heteroatoms. The van der Waals surface area contributed by atoms with Crippen molar-refractivity contribution >= 4 is 5.91 Å². The van der Waals surface area contributed by atoms with E-state index in [2.05, 4.69) is 11.0 Å². The molecule has 3 fully saturated rings. The van der Waals surface area contributed by atoms with Gasteiger partial charge in [0.1, 0.15) is 12.4 Å². The Labute approximate surface area is 160 Å². The van der Waals surface area contributed by atoms with Gasteiger partial charge in [-0.3, -0.25) is 9.69 Å². The third-order valence-corrected chi connectivity index (χ3v) is 6.63. The molecule has 1 aromatic rings. The van der Waals surface area contributed by atoms with Gasteiger partial charge in [-0.1, -0.05) is 24.6 Å². The SMILES string of the molecule is O=C(C1CCC1)N1CC2CN(Cc3ccccc3OCCO)CC2(CO)C1. The second-order valence-electron chi connectivity index (χ2n) is 8.41. The van der Waals surface area contributed by atoms with Gasteiger partial charge < -0.3 is 19.8 Å². The number of amides is 1. The van der Waals surface area contributed by atoms with Gasteiger partial charge in [-0.25, -0.2) is 0 Å². The van der Waals surface area contributed by atoms with Crippen molar-refractivity contribution in [2.24, 2.45) is 17.3 Å². The maximum atomic E-state index is 12.6. The fourth-order valence-electron chi connectivity index (χ4n) is 4.89. The number of nitrogens with zero attached hydrogens (tertiary/aromatic N) is 2. The van der Waals surface area contributed by atoms with Crippen molar-refractivity contribution < 1.29 is 19.7 Å². The first-order valence-corrected chi connectivity index (χ1v) is 10.1. The number of fused-ring (bicyclic) bond motifs is 1. The number of hydrogen-bond acceptors (Lipinski definition) is 5. The lowest BCUT2D eigenvalue weighted by atomic mass is 9.82. The molecule has 3 aliphatic rings. The first-order chi connectivity index (χ1) is 13.1. The number of likely N-dealkylation sites (tertiary alicyclic amines) is 2. The molecule has 0 radical (unpaired) electrons. The van der Waals surface area contributed by atoms with Crippen molar-refractivity contribution in [2.45, 2.75) is 25.8 Å². The number of rotatable bonds is 7. The van der Waals surface area contributed by atoms with E-state index in [9.17, 15) is 9.90 Å². The Morgan fingerprint density at radius 1 is 1.19 bits per heavy atom. The summed E-state index contributed by atoms with van der Waals surface area (Å²) >= 11 is 0. The Balaban J connectivity index is 1.41. The molecule has 1 amide bonds. The molecule has 0 bridgehead atoms. The molecule has 2 unspecified atom stereocenters. The Morgan fingerprint density at radius 3 is 2.67 bits per heavy atom. The predicted molar refractivity (Wildman–Crippen MR) is 101 cm³/mol. The van der Waals surface area contributed by atoms with Gasteiger partial charge >= 0.3 is 0 Å². The number of aliphatic hydroxyl groups excluding tert-OH is 2. The third-order valence-electron chi connectivity index (χ3n) is 6.63. The summed E-state index contributed by atoms with van der Waals surface area (Å²) in [5.74, 6) is 1.67. The van der Waals surface area contributed by atoms with Crippen molar-refractivity contribution in [1.29, 1.82) is 0 Å². The highest BCUT2D eigenvalue weighted by Crippen LogP contribution is 2.44. The summed E-state index contributed by atoms with van der Waals surface area (Å²) in [6, 6.07) is 7.93. The molecule has 2 N–H and O–H groups in total. The van der Waals surface area contributed by atoms with E-state index in [1.165, 1.54) is 6.42 Å². The standard InChI is InChI=1S/C21H30N2O4/c24-8-9-27-19-7-2-1-4-17(19)10-22-11-18-12-23(14-21(18,13-22)15-25)20(26)16-5-3-6-16/h1-2,4,7,16,18,24-25H,3,5-6,8-15H2. The molecule has 0 aromatic heterocycles. The molecular weight excluding hydrogens is 344 g/mol. The van der Waals surface area contributed by atoms with E-state index in [1.54, 1.807) is 0 Å². The van der Waals surface area contributed by atoms with Crippen LogP contribution in [0.15, 0.2) is 24.3 Å². The average molecular weight is 374 g/mol. The van der Waals surface area contributed by atoms with Crippen LogP contribution in [-0.2, 0) is 11.3 Å². The number of carbonyl (C=O) groups excluding carboxylic acids is 1. The zero-order valence-electron chi connectivity index (χ0n) is 15.8. The summed E-state index contributed by atoms with van der Waals surface area (Å²) in [4.78, 5) is 17.0. The monoisotopic (exact) mass is 374 g/mol. The molecule has 6 nitrogen and oxygen atoms in total. The van der Waals surface area contributed by atoms with E-state index < -0.39 is 0 Å². The minimum Gasteiger partial charge on any atom is -0.491 e. The zero-order valence-corrected chi connectivity index (χ0v) is 15.8. The smallest absolute Gasteiger partial charge is 0.225 e. The average Bonchev–Trinajstić information content (AvgIpc) is 3.13. The van der Waals surface area contributed by atoms with Gasteiger partial charge in [0.05, 0.1) is 13.2 Å². The fourth-order valence-corrected chi connectivity index (χ4v) is 4.89. The maximum Gasteiger partial charge on any atom is 0.225 e. The van der Waals surface area contributed by atoms with Crippen LogP contribution in [0.5, 0.6) is 5.75 Å². The van der Waals surface area contributed by atoms with Crippen LogP contribution in [0, 0.1) is 17.3 Å². The number of carbonyl (C=O) groups is 1. The summed E-state index contributed by atoms with van der Waals surface area (Å²) in [5, 5.41) is 19.2. The number of hydrogen-bond donors (Lipinski definition) is 2. The molecule has 1 saturated carbocycles. The van der Waals surface area contributed by atoms with Crippen molar-refractivity contribution in [2.75, 3.05) is 46.0 Å². The fraction of sp³-hybridized carbons (Fsp3) is 0.667. The molecule has 1 aliphatic carbocycles. The van der Waals surface area contributed by atoms with Crippen LogP contribution in [0.1, 0.15) is 24.8 Å². The highest BCUT2D eigenvalue weighted by atomic mass is 16.5. The van der Waals surface area contributed by atoms with Crippen LogP contribution in [-0.4, -0.2) is 71.9 Å². The van der Waals surface area contributed by atoms with Gasteiger partial charge in [0.25, 0.3) is 0 Å². The van der Waals surface area contributed by atoms with Crippen molar-refractivity contribution in [3.8, 4) is 5.75 Å². The summed E-state index contributed by atoms with van der Waals surface area (Å²) in [5.41, 5.74) is 0.904. The second kappa shape index (κ2) is 7.78. The van der Waals surface area contributed by atoms with Crippen LogP contribution >= 0.6 is 0 Å². The number of para-hydroxylation sites is 1. The van der Waals surface area contributed by atoms with E-state index >= 15 is 0 Å². The van der Waals surface area contributed by atoms with E-state index in [1.807, 2.05) is 23.1 Å². The Bertz CT molecular complexity index is 678. The molecule has 27 heavy (non-hydrogen) atoms. The quantitative estimate of drug-likeness (QED) is 0.748. The number of aliphatic hydroxyl groups is 2. The molecule has 148 valence electrons. The number of benzene rings is 1. The van der Waals surface area contributed by atoms with Gasteiger partial charge in [-0.15, -0.1) is 0 Å². The summed E-state index contributed by atoms with van der Waals surface area (Å²) in [6.07, 6.45) is 3.23.